The Balaban J connectivity index is 1.92. The highest BCUT2D eigenvalue weighted by molar-refractivity contribution is 5.76. The van der Waals surface area contributed by atoms with Crippen molar-refractivity contribution < 1.29 is 49.3 Å². The molecule has 0 aromatic rings. The number of carbonyl (C=O) groups is 2. The standard InChI is InChI=1S/C67H129NO10/c1-3-5-7-9-11-13-14-15-32-35-39-43-47-51-55-63(72)76-56-52-48-44-40-36-33-30-28-26-24-22-20-18-16-17-19-21-23-25-27-29-31-34-38-42-46-50-54-62(71)68-59(60(70)53-49-45-41-37-12-10-8-6-4-2)58-77-67-66(75)65(74)64(73)61(57-69)78-67/h49,53,59-61,64-67,69-70,73-75H,3-48,50-52,54-58H2,1-2H3,(H,68,71)/b53-49+. The lowest BCUT2D eigenvalue weighted by Crippen LogP contribution is -2.60. The molecule has 0 spiro atoms. The number of unbranched alkanes of at least 4 members (excludes halogenated alkanes) is 46. The molecule has 0 radical (unpaired) electrons. The lowest BCUT2D eigenvalue weighted by Gasteiger charge is -2.40. The molecular weight excluding hydrogens is 979 g/mol. The minimum absolute atomic E-state index is 0.0114. The number of aliphatic hydroxyl groups is 5. The van der Waals surface area contributed by atoms with Gasteiger partial charge in [0, 0.05) is 12.8 Å². The van der Waals surface area contributed by atoms with Gasteiger partial charge in [0.15, 0.2) is 6.29 Å². The molecule has 1 amide bonds. The zero-order chi connectivity index (χ0) is 56.6. The van der Waals surface area contributed by atoms with Crippen molar-refractivity contribution in [2.45, 2.75) is 384 Å². The second-order valence-corrected chi connectivity index (χ2v) is 23.9. The fourth-order valence-electron chi connectivity index (χ4n) is 11.0. The number of hydrogen-bond acceptors (Lipinski definition) is 10. The van der Waals surface area contributed by atoms with E-state index in [0.717, 1.165) is 51.4 Å². The summed E-state index contributed by atoms with van der Waals surface area (Å²) < 4.78 is 16.7. The molecule has 1 heterocycles. The van der Waals surface area contributed by atoms with Gasteiger partial charge < -0.3 is 45.1 Å². The highest BCUT2D eigenvalue weighted by Gasteiger charge is 2.44. The second-order valence-electron chi connectivity index (χ2n) is 23.9. The molecule has 0 bridgehead atoms. The molecule has 11 nitrogen and oxygen atoms in total. The molecule has 11 heteroatoms. The fraction of sp³-hybridized carbons (Fsp3) is 0.940. The number of allylic oxidation sites excluding steroid dienone is 1. The summed E-state index contributed by atoms with van der Waals surface area (Å²) in [6, 6.07) is -0.805. The maximum Gasteiger partial charge on any atom is 0.305 e. The zero-order valence-electron chi connectivity index (χ0n) is 51.2. The van der Waals surface area contributed by atoms with Crippen LogP contribution < -0.4 is 5.32 Å². The van der Waals surface area contributed by atoms with E-state index < -0.39 is 49.5 Å². The first-order chi connectivity index (χ1) is 38.2. The molecular formula is C67H129NO10. The highest BCUT2D eigenvalue weighted by Crippen LogP contribution is 2.23. The van der Waals surface area contributed by atoms with Crippen molar-refractivity contribution in [3.8, 4) is 0 Å². The number of carbonyl (C=O) groups excluding carboxylic acids is 2. The number of aliphatic hydroxyl groups excluding tert-OH is 5. The van der Waals surface area contributed by atoms with Gasteiger partial charge in [0.05, 0.1) is 32.0 Å². The number of nitrogens with one attached hydrogen (secondary N) is 1. The summed E-state index contributed by atoms with van der Waals surface area (Å²) in [6.45, 7) is 4.35. The molecule has 6 N–H and O–H groups in total. The van der Waals surface area contributed by atoms with Crippen LogP contribution in [0, 0.1) is 0 Å². The maximum absolute atomic E-state index is 13.0. The Bertz CT molecular complexity index is 1300. The SMILES string of the molecule is CCCCCCCCC/C=C/C(O)C(COC1OC(CO)C(O)C(O)C1O)NC(=O)CCCCCCCCCCCCCCCCCCCCCCCCCCCCCOC(=O)CCCCCCCCCCCCCCCC. The van der Waals surface area contributed by atoms with Crippen LogP contribution in [-0.2, 0) is 23.8 Å². The molecule has 0 aromatic heterocycles. The molecule has 7 unspecified atom stereocenters. The lowest BCUT2D eigenvalue weighted by atomic mass is 9.99. The van der Waals surface area contributed by atoms with Gasteiger partial charge in [-0.1, -0.05) is 309 Å². The molecule has 0 saturated carbocycles. The summed E-state index contributed by atoms with van der Waals surface area (Å²) in [5, 5.41) is 54.3. The number of ether oxygens (including phenoxy) is 3. The predicted molar refractivity (Wildman–Crippen MR) is 325 cm³/mol. The van der Waals surface area contributed by atoms with Crippen LogP contribution in [0.15, 0.2) is 12.2 Å². The average Bonchev–Trinajstić information content (AvgIpc) is 3.44. The summed E-state index contributed by atoms with van der Waals surface area (Å²) in [5.41, 5.74) is 0. The normalized spacial score (nSPS) is 18.5. The van der Waals surface area contributed by atoms with E-state index in [4.69, 9.17) is 14.2 Å². The van der Waals surface area contributed by atoms with E-state index in [1.165, 1.54) is 263 Å². The first-order valence-electron chi connectivity index (χ1n) is 34.0. The van der Waals surface area contributed by atoms with Gasteiger partial charge in [-0.05, 0) is 32.1 Å². The lowest BCUT2D eigenvalue weighted by molar-refractivity contribution is -0.302. The Morgan fingerprint density at radius 3 is 1.19 bits per heavy atom. The molecule has 1 aliphatic rings. The minimum atomic E-state index is -1.57. The van der Waals surface area contributed by atoms with Gasteiger partial charge in [-0.25, -0.2) is 0 Å². The van der Waals surface area contributed by atoms with Crippen molar-refractivity contribution in [1.29, 1.82) is 0 Å². The summed E-state index contributed by atoms with van der Waals surface area (Å²) in [6.07, 6.45) is 59.2. The van der Waals surface area contributed by atoms with Gasteiger partial charge >= 0.3 is 5.97 Å². The number of hydrogen-bond donors (Lipinski definition) is 6. The molecule has 1 aliphatic heterocycles. The van der Waals surface area contributed by atoms with Gasteiger partial charge in [-0.15, -0.1) is 0 Å². The van der Waals surface area contributed by atoms with Crippen molar-refractivity contribution in [2.24, 2.45) is 0 Å². The van der Waals surface area contributed by atoms with E-state index in [9.17, 15) is 35.1 Å². The Morgan fingerprint density at radius 1 is 0.462 bits per heavy atom. The Labute approximate surface area is 480 Å². The molecule has 1 fully saturated rings. The summed E-state index contributed by atoms with van der Waals surface area (Å²) in [5.74, 6) is -0.168. The molecule has 7 atom stereocenters. The van der Waals surface area contributed by atoms with Gasteiger partial charge in [0.25, 0.3) is 0 Å². The quantitative estimate of drug-likeness (QED) is 0.0195. The van der Waals surface area contributed by atoms with Crippen LogP contribution in [0.4, 0.5) is 0 Å². The number of rotatable bonds is 60. The monoisotopic (exact) mass is 1110 g/mol. The maximum atomic E-state index is 13.0. The fourth-order valence-corrected chi connectivity index (χ4v) is 11.0. The van der Waals surface area contributed by atoms with E-state index in [1.807, 2.05) is 6.08 Å². The van der Waals surface area contributed by atoms with Gasteiger partial charge in [0.1, 0.15) is 24.4 Å². The van der Waals surface area contributed by atoms with Crippen LogP contribution in [0.2, 0.25) is 0 Å². The number of esters is 1. The predicted octanol–water partition coefficient (Wildman–Crippen LogP) is 16.7. The van der Waals surface area contributed by atoms with Crippen LogP contribution in [-0.4, -0.2) is 100 Å². The van der Waals surface area contributed by atoms with E-state index >= 15 is 0 Å². The molecule has 78 heavy (non-hydrogen) atoms. The van der Waals surface area contributed by atoms with E-state index in [-0.39, 0.29) is 18.5 Å². The first kappa shape index (κ1) is 74.4. The highest BCUT2D eigenvalue weighted by atomic mass is 16.7. The molecule has 462 valence electrons. The second kappa shape index (κ2) is 57.2. The molecule has 1 saturated heterocycles. The third kappa shape index (κ3) is 45.9. The van der Waals surface area contributed by atoms with Crippen LogP contribution in [0.1, 0.15) is 341 Å². The summed E-state index contributed by atoms with van der Waals surface area (Å²) in [4.78, 5) is 25.1. The van der Waals surface area contributed by atoms with Crippen LogP contribution in [0.25, 0.3) is 0 Å². The minimum Gasteiger partial charge on any atom is -0.466 e. The van der Waals surface area contributed by atoms with Crippen molar-refractivity contribution in [3.05, 3.63) is 12.2 Å². The topological polar surface area (TPSA) is 175 Å². The van der Waals surface area contributed by atoms with Crippen LogP contribution in [0.5, 0.6) is 0 Å². The Hall–Kier alpha value is -1.60. The molecule has 1 rings (SSSR count). The summed E-state index contributed by atoms with van der Waals surface area (Å²) in [7, 11) is 0. The zero-order valence-corrected chi connectivity index (χ0v) is 51.2. The van der Waals surface area contributed by atoms with Gasteiger partial charge in [-0.3, -0.25) is 9.59 Å². The van der Waals surface area contributed by atoms with Crippen molar-refractivity contribution in [3.63, 3.8) is 0 Å². The largest absolute Gasteiger partial charge is 0.466 e. The third-order valence-corrected chi connectivity index (χ3v) is 16.4. The number of amides is 1. The Kier molecular flexibility index (Phi) is 54.6. The van der Waals surface area contributed by atoms with Crippen LogP contribution >= 0.6 is 0 Å². The Morgan fingerprint density at radius 2 is 0.808 bits per heavy atom. The molecule has 0 aliphatic carbocycles. The van der Waals surface area contributed by atoms with E-state index in [2.05, 4.69) is 19.2 Å². The smallest absolute Gasteiger partial charge is 0.305 e. The van der Waals surface area contributed by atoms with Crippen molar-refractivity contribution in [1.82, 2.24) is 5.32 Å². The van der Waals surface area contributed by atoms with E-state index in [1.54, 1.807) is 6.08 Å². The molecule has 0 aromatic carbocycles. The third-order valence-electron chi connectivity index (χ3n) is 16.4. The van der Waals surface area contributed by atoms with E-state index in [0.29, 0.717) is 19.4 Å². The van der Waals surface area contributed by atoms with Gasteiger partial charge in [-0.2, -0.15) is 0 Å². The average molecular weight is 1110 g/mol. The van der Waals surface area contributed by atoms with Gasteiger partial charge in [0.2, 0.25) is 5.91 Å². The first-order valence-corrected chi connectivity index (χ1v) is 34.0. The van der Waals surface area contributed by atoms with Crippen LogP contribution in [0.3, 0.4) is 0 Å². The summed E-state index contributed by atoms with van der Waals surface area (Å²) >= 11 is 0. The van der Waals surface area contributed by atoms with Crippen molar-refractivity contribution in [2.75, 3.05) is 19.8 Å². The van der Waals surface area contributed by atoms with Crippen molar-refractivity contribution >= 4 is 11.9 Å².